The van der Waals surface area contributed by atoms with Crippen molar-refractivity contribution in [2.45, 2.75) is 77.5 Å². The molecule has 0 unspecified atom stereocenters. The number of carboxylic acids is 1. The van der Waals surface area contributed by atoms with Crippen LogP contribution in [0.4, 0.5) is 4.79 Å². The van der Waals surface area contributed by atoms with Crippen LogP contribution in [0.15, 0.2) is 24.3 Å². The predicted molar refractivity (Wildman–Crippen MR) is 113 cm³/mol. The lowest BCUT2D eigenvalue weighted by Crippen LogP contribution is -2.42. The lowest BCUT2D eigenvalue weighted by Gasteiger charge is -2.23. The number of hydrogen-bond acceptors (Lipinski definition) is 5. The molecule has 8 heteroatoms. The first-order chi connectivity index (χ1) is 14.0. The lowest BCUT2D eigenvalue weighted by atomic mass is 10.1. The molecule has 2 amide bonds. The number of aliphatic carboxylic acids is 1. The van der Waals surface area contributed by atoms with Gasteiger partial charge in [0.15, 0.2) is 0 Å². The molecule has 1 aromatic rings. The summed E-state index contributed by atoms with van der Waals surface area (Å²) in [7, 11) is 0. The maximum absolute atomic E-state index is 12.0. The Balaban J connectivity index is 2.45. The van der Waals surface area contributed by atoms with Gasteiger partial charge in [-0.3, -0.25) is 9.59 Å². The van der Waals surface area contributed by atoms with Crippen molar-refractivity contribution in [1.29, 1.82) is 0 Å². The highest BCUT2D eigenvalue weighted by atomic mass is 16.6. The number of unbranched alkanes of at least 4 members (excludes halogenated alkanes) is 1. The molecule has 0 heterocycles. The Morgan fingerprint density at radius 3 is 2.27 bits per heavy atom. The van der Waals surface area contributed by atoms with Gasteiger partial charge in [-0.25, -0.2) is 4.79 Å². The van der Waals surface area contributed by atoms with Crippen LogP contribution in [0.3, 0.4) is 0 Å². The number of nitrogens with one attached hydrogen (secondary N) is 1. The zero-order valence-corrected chi connectivity index (χ0v) is 18.1. The molecule has 0 aliphatic carbocycles. The van der Waals surface area contributed by atoms with Crippen LogP contribution in [-0.2, 0) is 32.1 Å². The Morgan fingerprint density at radius 1 is 1.07 bits per heavy atom. The molecule has 168 valence electrons. The van der Waals surface area contributed by atoms with Crippen molar-refractivity contribution < 1.29 is 29.0 Å². The minimum absolute atomic E-state index is 0.139. The van der Waals surface area contributed by atoms with Crippen LogP contribution >= 0.6 is 0 Å². The minimum atomic E-state index is -0.766. The van der Waals surface area contributed by atoms with E-state index in [1.807, 2.05) is 24.3 Å². The highest BCUT2D eigenvalue weighted by Gasteiger charge is 2.20. The first kappa shape index (κ1) is 25.4. The number of ether oxygens (including phenoxy) is 2. The fourth-order valence-electron chi connectivity index (χ4n) is 2.71. The summed E-state index contributed by atoms with van der Waals surface area (Å²) in [5, 5.41) is 11.4. The van der Waals surface area contributed by atoms with E-state index in [2.05, 4.69) is 5.32 Å². The van der Waals surface area contributed by atoms with E-state index < -0.39 is 23.6 Å². The van der Waals surface area contributed by atoms with Crippen molar-refractivity contribution >= 4 is 18.0 Å². The highest BCUT2D eigenvalue weighted by molar-refractivity contribution is 5.74. The standard InChI is InChI=1S/C22H34N2O6/c1-22(2,3)30-21(28)24-18(12-13-19(23)25)15-29-14-17-10-8-16(9-11-17)6-4-5-7-20(26)27/h8-11,18H,4-7,12-15H2,1-3H3,(H2,23,25)(H,24,28)(H,26,27)/t18-/m0/s1. The van der Waals surface area contributed by atoms with Crippen LogP contribution in [0.5, 0.6) is 0 Å². The Bertz CT molecular complexity index is 682. The Morgan fingerprint density at radius 2 is 1.70 bits per heavy atom. The molecule has 0 saturated heterocycles. The van der Waals surface area contributed by atoms with E-state index in [1.54, 1.807) is 20.8 Å². The van der Waals surface area contributed by atoms with Crippen molar-refractivity contribution in [3.05, 3.63) is 35.4 Å². The van der Waals surface area contributed by atoms with Crippen molar-refractivity contribution in [2.24, 2.45) is 5.73 Å². The Labute approximate surface area is 178 Å². The summed E-state index contributed by atoms with van der Waals surface area (Å²) in [6, 6.07) is 7.55. The average Bonchev–Trinajstić information content (AvgIpc) is 2.62. The molecule has 0 spiro atoms. The first-order valence-corrected chi connectivity index (χ1v) is 10.2. The zero-order valence-electron chi connectivity index (χ0n) is 18.1. The second-order valence-corrected chi connectivity index (χ2v) is 8.28. The van der Waals surface area contributed by atoms with E-state index in [4.69, 9.17) is 20.3 Å². The van der Waals surface area contributed by atoms with E-state index in [0.29, 0.717) is 19.4 Å². The average molecular weight is 423 g/mol. The summed E-state index contributed by atoms with van der Waals surface area (Å²) in [6.45, 7) is 5.91. The summed E-state index contributed by atoms with van der Waals surface area (Å²) >= 11 is 0. The molecule has 1 atom stereocenters. The van der Waals surface area contributed by atoms with Gasteiger partial charge in [0.25, 0.3) is 0 Å². The number of rotatable bonds is 13. The second kappa shape index (κ2) is 12.8. The number of benzene rings is 1. The van der Waals surface area contributed by atoms with Gasteiger partial charge in [-0.05, 0) is 57.6 Å². The minimum Gasteiger partial charge on any atom is -0.481 e. The molecule has 0 aliphatic heterocycles. The van der Waals surface area contributed by atoms with E-state index in [0.717, 1.165) is 24.0 Å². The predicted octanol–water partition coefficient (Wildman–Crippen LogP) is 3.16. The maximum Gasteiger partial charge on any atom is 0.407 e. The first-order valence-electron chi connectivity index (χ1n) is 10.2. The van der Waals surface area contributed by atoms with Crippen LogP contribution in [0, 0.1) is 0 Å². The molecule has 1 aromatic carbocycles. The Kier molecular flexibility index (Phi) is 10.9. The van der Waals surface area contributed by atoms with Gasteiger partial charge >= 0.3 is 12.1 Å². The molecule has 4 N–H and O–H groups in total. The van der Waals surface area contributed by atoms with Gasteiger partial charge in [-0.15, -0.1) is 0 Å². The smallest absolute Gasteiger partial charge is 0.407 e. The molecule has 0 fully saturated rings. The largest absolute Gasteiger partial charge is 0.481 e. The van der Waals surface area contributed by atoms with Crippen LogP contribution in [-0.4, -0.2) is 41.3 Å². The third-order valence-electron chi connectivity index (χ3n) is 4.18. The van der Waals surface area contributed by atoms with Crippen LogP contribution < -0.4 is 11.1 Å². The molecular weight excluding hydrogens is 388 g/mol. The van der Waals surface area contributed by atoms with Crippen molar-refractivity contribution in [3.63, 3.8) is 0 Å². The monoisotopic (exact) mass is 422 g/mol. The van der Waals surface area contributed by atoms with Crippen molar-refractivity contribution in [1.82, 2.24) is 5.32 Å². The molecule has 0 bridgehead atoms. The molecule has 0 saturated carbocycles. The van der Waals surface area contributed by atoms with Crippen molar-refractivity contribution in [3.8, 4) is 0 Å². The fraction of sp³-hybridized carbons (Fsp3) is 0.591. The van der Waals surface area contributed by atoms with Gasteiger partial charge < -0.3 is 25.6 Å². The Hall–Kier alpha value is -2.61. The van der Waals surface area contributed by atoms with Gasteiger partial charge in [0, 0.05) is 12.8 Å². The van der Waals surface area contributed by atoms with E-state index in [-0.39, 0.29) is 25.5 Å². The van der Waals surface area contributed by atoms with Gasteiger partial charge in [0.1, 0.15) is 5.60 Å². The molecule has 0 radical (unpaired) electrons. The second-order valence-electron chi connectivity index (χ2n) is 8.28. The van der Waals surface area contributed by atoms with E-state index in [9.17, 15) is 14.4 Å². The molecular formula is C22H34N2O6. The number of hydrogen-bond donors (Lipinski definition) is 3. The molecule has 8 nitrogen and oxygen atoms in total. The molecule has 30 heavy (non-hydrogen) atoms. The number of alkyl carbamates (subject to hydrolysis) is 1. The number of aryl methyl sites for hydroxylation is 1. The third-order valence-corrected chi connectivity index (χ3v) is 4.18. The third kappa shape index (κ3) is 12.8. The summed E-state index contributed by atoms with van der Waals surface area (Å²) in [5.74, 6) is -1.21. The fourth-order valence-corrected chi connectivity index (χ4v) is 2.71. The summed E-state index contributed by atoms with van der Waals surface area (Å²) in [4.78, 5) is 33.6. The van der Waals surface area contributed by atoms with Crippen LogP contribution in [0.25, 0.3) is 0 Å². The van der Waals surface area contributed by atoms with Gasteiger partial charge in [0.2, 0.25) is 5.91 Å². The topological polar surface area (TPSA) is 128 Å². The number of carboxylic acid groups (broad SMARTS) is 1. The number of amides is 2. The summed E-state index contributed by atoms with van der Waals surface area (Å²) in [5.41, 5.74) is 6.73. The zero-order chi connectivity index (χ0) is 22.6. The van der Waals surface area contributed by atoms with Gasteiger partial charge in [0.05, 0.1) is 19.3 Å². The lowest BCUT2D eigenvalue weighted by molar-refractivity contribution is -0.137. The summed E-state index contributed by atoms with van der Waals surface area (Å²) < 4.78 is 11.0. The van der Waals surface area contributed by atoms with Gasteiger partial charge in [-0.1, -0.05) is 24.3 Å². The quantitative estimate of drug-likeness (QED) is 0.419. The maximum atomic E-state index is 12.0. The van der Waals surface area contributed by atoms with Crippen molar-refractivity contribution in [2.75, 3.05) is 6.61 Å². The van der Waals surface area contributed by atoms with E-state index in [1.165, 1.54) is 0 Å². The number of primary amides is 1. The van der Waals surface area contributed by atoms with Gasteiger partial charge in [-0.2, -0.15) is 0 Å². The number of carbonyl (C=O) groups excluding carboxylic acids is 2. The molecule has 0 aromatic heterocycles. The SMILES string of the molecule is CC(C)(C)OC(=O)N[C@@H](CCC(N)=O)COCc1ccc(CCCCC(=O)O)cc1. The molecule has 0 aliphatic rings. The van der Waals surface area contributed by atoms with E-state index >= 15 is 0 Å². The highest BCUT2D eigenvalue weighted by Crippen LogP contribution is 2.11. The van der Waals surface area contributed by atoms with Crippen LogP contribution in [0.1, 0.15) is 64.0 Å². The number of nitrogens with two attached hydrogens (primary N) is 1. The number of carbonyl (C=O) groups is 3. The summed E-state index contributed by atoms with van der Waals surface area (Å²) in [6.07, 6.45) is 2.47. The van der Waals surface area contributed by atoms with Crippen LogP contribution in [0.2, 0.25) is 0 Å². The normalized spacial score (nSPS) is 12.2. The molecule has 1 rings (SSSR count).